The Morgan fingerprint density at radius 3 is 2.74 bits per heavy atom. The normalized spacial score (nSPS) is 10.7. The Bertz CT molecular complexity index is 503. The van der Waals surface area contributed by atoms with E-state index in [0.29, 0.717) is 0 Å². The van der Waals surface area contributed by atoms with E-state index in [1.54, 1.807) is 0 Å². The lowest BCUT2D eigenvalue weighted by Crippen LogP contribution is -2.20. The van der Waals surface area contributed by atoms with Gasteiger partial charge in [0.05, 0.1) is 6.54 Å². The van der Waals surface area contributed by atoms with Gasteiger partial charge in [-0.3, -0.25) is 0 Å². The summed E-state index contributed by atoms with van der Waals surface area (Å²) in [7, 11) is 4.03. The van der Waals surface area contributed by atoms with Gasteiger partial charge < -0.3 is 14.8 Å². The lowest BCUT2D eigenvalue weighted by molar-refractivity contribution is 0.722. The lowest BCUT2D eigenvalue weighted by Gasteiger charge is -2.18. The number of nitrogens with zero attached hydrogens (tertiary/aromatic N) is 4. The van der Waals surface area contributed by atoms with Crippen LogP contribution in [0.15, 0.2) is 30.7 Å². The molecule has 19 heavy (non-hydrogen) atoms. The molecule has 0 fully saturated rings. The van der Waals surface area contributed by atoms with Crippen LogP contribution in [0, 0.1) is 0 Å². The Morgan fingerprint density at radius 2 is 2.16 bits per heavy atom. The molecule has 102 valence electrons. The highest BCUT2D eigenvalue weighted by molar-refractivity contribution is 5.38. The van der Waals surface area contributed by atoms with Crippen LogP contribution in [0.4, 0.5) is 5.82 Å². The van der Waals surface area contributed by atoms with E-state index in [9.17, 15) is 0 Å². The fraction of sp³-hybridized carbons (Fsp3) is 0.429. The summed E-state index contributed by atoms with van der Waals surface area (Å²) in [5.74, 6) is 1.99. The van der Waals surface area contributed by atoms with Crippen molar-refractivity contribution in [3.63, 3.8) is 0 Å². The molecule has 5 nitrogen and oxygen atoms in total. The molecule has 2 rings (SSSR count). The van der Waals surface area contributed by atoms with Gasteiger partial charge in [0.2, 0.25) is 0 Å². The largest absolute Gasteiger partial charge is 0.352 e. The van der Waals surface area contributed by atoms with Gasteiger partial charge in [0.25, 0.3) is 0 Å². The van der Waals surface area contributed by atoms with Gasteiger partial charge in [-0.25, -0.2) is 9.97 Å². The number of hydrogen-bond acceptors (Lipinski definition) is 4. The molecule has 0 aromatic carbocycles. The van der Waals surface area contributed by atoms with Gasteiger partial charge in [-0.2, -0.15) is 0 Å². The molecular weight excluding hydrogens is 238 g/mol. The summed E-state index contributed by atoms with van der Waals surface area (Å²) in [5, 5.41) is 3.29. The molecule has 0 unspecified atom stereocenters. The Kier molecular flexibility index (Phi) is 4.52. The van der Waals surface area contributed by atoms with E-state index in [4.69, 9.17) is 0 Å². The maximum atomic E-state index is 4.49. The zero-order valence-corrected chi connectivity index (χ0v) is 11.8. The van der Waals surface area contributed by atoms with Gasteiger partial charge in [-0.15, -0.1) is 0 Å². The topological polar surface area (TPSA) is 46.0 Å². The Balaban J connectivity index is 1.99. The number of aromatic nitrogens is 3. The zero-order chi connectivity index (χ0) is 13.7. The summed E-state index contributed by atoms with van der Waals surface area (Å²) in [6.07, 6.45) is 5.69. The average Bonchev–Trinajstić information content (AvgIpc) is 2.82. The maximum absolute atomic E-state index is 4.49. The second-order valence-electron chi connectivity index (χ2n) is 4.62. The van der Waals surface area contributed by atoms with Crippen molar-refractivity contribution >= 4 is 5.82 Å². The molecule has 1 N–H and O–H groups in total. The third-order valence-corrected chi connectivity index (χ3v) is 3.08. The SMILES string of the molecule is CCNCc1ccc(N(C)Cc2nccn2C)nc1. The molecule has 0 bridgehead atoms. The van der Waals surface area contributed by atoms with Crippen LogP contribution in [0.25, 0.3) is 0 Å². The van der Waals surface area contributed by atoms with E-state index in [-0.39, 0.29) is 0 Å². The molecule has 5 heteroatoms. The minimum absolute atomic E-state index is 0.753. The molecule has 0 saturated carbocycles. The molecule has 0 aliphatic heterocycles. The molecule has 2 aromatic heterocycles. The van der Waals surface area contributed by atoms with Crippen molar-refractivity contribution in [2.24, 2.45) is 7.05 Å². The van der Waals surface area contributed by atoms with E-state index in [0.717, 1.165) is 31.3 Å². The van der Waals surface area contributed by atoms with Gasteiger partial charge in [-0.1, -0.05) is 13.0 Å². The minimum atomic E-state index is 0.753. The monoisotopic (exact) mass is 259 g/mol. The van der Waals surface area contributed by atoms with Gasteiger partial charge in [0, 0.05) is 39.2 Å². The maximum Gasteiger partial charge on any atom is 0.128 e. The predicted octanol–water partition coefficient (Wildman–Crippen LogP) is 1.56. The van der Waals surface area contributed by atoms with Crippen LogP contribution in [0.2, 0.25) is 0 Å². The molecule has 0 aliphatic carbocycles. The van der Waals surface area contributed by atoms with E-state index in [1.165, 1.54) is 5.56 Å². The molecule has 0 atom stereocenters. The smallest absolute Gasteiger partial charge is 0.128 e. The van der Waals surface area contributed by atoms with Crippen molar-refractivity contribution in [3.8, 4) is 0 Å². The molecule has 2 aromatic rings. The lowest BCUT2D eigenvalue weighted by atomic mass is 10.2. The van der Waals surface area contributed by atoms with Gasteiger partial charge in [-0.05, 0) is 18.2 Å². The van der Waals surface area contributed by atoms with Crippen LogP contribution in [0.5, 0.6) is 0 Å². The number of aryl methyl sites for hydroxylation is 1. The first kappa shape index (κ1) is 13.5. The van der Waals surface area contributed by atoms with Crippen LogP contribution in [0.3, 0.4) is 0 Å². The minimum Gasteiger partial charge on any atom is -0.352 e. The first-order valence-electron chi connectivity index (χ1n) is 6.53. The molecule has 0 spiro atoms. The van der Waals surface area contributed by atoms with Crippen LogP contribution in [-0.4, -0.2) is 28.1 Å². The van der Waals surface area contributed by atoms with Crippen molar-refractivity contribution in [2.45, 2.75) is 20.0 Å². The summed E-state index contributed by atoms with van der Waals surface area (Å²) in [6, 6.07) is 4.16. The van der Waals surface area contributed by atoms with Gasteiger partial charge in [0.1, 0.15) is 11.6 Å². The zero-order valence-electron chi connectivity index (χ0n) is 11.8. The second kappa shape index (κ2) is 6.33. The highest BCUT2D eigenvalue weighted by Crippen LogP contribution is 2.12. The van der Waals surface area contributed by atoms with Crippen molar-refractivity contribution < 1.29 is 0 Å². The summed E-state index contributed by atoms with van der Waals surface area (Å²) >= 11 is 0. The third-order valence-electron chi connectivity index (χ3n) is 3.08. The van der Waals surface area contributed by atoms with Crippen LogP contribution in [0.1, 0.15) is 18.3 Å². The Labute approximate surface area is 114 Å². The summed E-state index contributed by atoms with van der Waals surface area (Å²) in [6.45, 7) is 4.69. The number of imidazole rings is 1. The van der Waals surface area contributed by atoms with E-state index < -0.39 is 0 Å². The molecule has 0 saturated heterocycles. The number of rotatable bonds is 6. The highest BCUT2D eigenvalue weighted by atomic mass is 15.2. The van der Waals surface area contributed by atoms with E-state index in [1.807, 2.05) is 37.3 Å². The Hall–Kier alpha value is -1.88. The number of anilines is 1. The van der Waals surface area contributed by atoms with E-state index >= 15 is 0 Å². The molecule has 0 aliphatic rings. The molecule has 2 heterocycles. The standard InChI is InChI=1S/C14H21N5/c1-4-15-9-12-5-6-13(17-10-12)19(3)11-14-16-7-8-18(14)2/h5-8,10,15H,4,9,11H2,1-3H3. The molecule has 0 amide bonds. The van der Waals surface area contributed by atoms with Crippen LogP contribution >= 0.6 is 0 Å². The number of hydrogen-bond donors (Lipinski definition) is 1. The summed E-state index contributed by atoms with van der Waals surface area (Å²) < 4.78 is 2.02. The second-order valence-corrected chi connectivity index (χ2v) is 4.62. The molecular formula is C14H21N5. The fourth-order valence-corrected chi connectivity index (χ4v) is 1.86. The van der Waals surface area contributed by atoms with Crippen molar-refractivity contribution in [2.75, 3.05) is 18.5 Å². The predicted molar refractivity (Wildman–Crippen MR) is 76.9 cm³/mol. The number of pyridine rings is 1. The molecule has 0 radical (unpaired) electrons. The van der Waals surface area contributed by atoms with Crippen LogP contribution in [-0.2, 0) is 20.1 Å². The van der Waals surface area contributed by atoms with Gasteiger partial charge >= 0.3 is 0 Å². The van der Waals surface area contributed by atoms with Crippen molar-refractivity contribution in [1.29, 1.82) is 0 Å². The summed E-state index contributed by atoms with van der Waals surface area (Å²) in [4.78, 5) is 10.9. The third kappa shape index (κ3) is 3.54. The quantitative estimate of drug-likeness (QED) is 0.855. The highest BCUT2D eigenvalue weighted by Gasteiger charge is 2.06. The average molecular weight is 259 g/mol. The number of nitrogens with one attached hydrogen (secondary N) is 1. The first-order chi connectivity index (χ1) is 9.20. The van der Waals surface area contributed by atoms with Crippen molar-refractivity contribution in [1.82, 2.24) is 19.9 Å². The fourth-order valence-electron chi connectivity index (χ4n) is 1.86. The first-order valence-corrected chi connectivity index (χ1v) is 6.53. The summed E-state index contributed by atoms with van der Waals surface area (Å²) in [5.41, 5.74) is 1.20. The van der Waals surface area contributed by atoms with E-state index in [2.05, 4.69) is 39.2 Å². The Morgan fingerprint density at radius 1 is 1.32 bits per heavy atom. The van der Waals surface area contributed by atoms with Crippen molar-refractivity contribution in [3.05, 3.63) is 42.1 Å². The van der Waals surface area contributed by atoms with Gasteiger partial charge in [0.15, 0.2) is 0 Å². The van der Waals surface area contributed by atoms with Crippen LogP contribution < -0.4 is 10.2 Å².